The molecule has 2 rings (SSSR count). The van der Waals surface area contributed by atoms with Crippen LogP contribution in [0.3, 0.4) is 0 Å². The van der Waals surface area contributed by atoms with E-state index in [-0.39, 0.29) is 7.43 Å². The molecule has 2 fully saturated rings. The van der Waals surface area contributed by atoms with Crippen LogP contribution in [-0.2, 0) is 0 Å². The zero-order valence-corrected chi connectivity index (χ0v) is 6.48. The Bertz CT molecular complexity index is 94.5. The van der Waals surface area contributed by atoms with Crippen molar-refractivity contribution in [3.8, 4) is 0 Å². The predicted molar refractivity (Wildman–Crippen MR) is 46.0 cm³/mol. The molecule has 60 valence electrons. The molecule has 0 atom stereocenters. The molecule has 0 aliphatic heterocycles. The van der Waals surface area contributed by atoms with Gasteiger partial charge >= 0.3 is 0 Å². The summed E-state index contributed by atoms with van der Waals surface area (Å²) >= 11 is 0. The van der Waals surface area contributed by atoms with Crippen LogP contribution in [0.15, 0.2) is 0 Å². The van der Waals surface area contributed by atoms with E-state index in [9.17, 15) is 0 Å². The minimum Gasteiger partial charge on any atom is -0.0776 e. The molecule has 0 saturated heterocycles. The van der Waals surface area contributed by atoms with Gasteiger partial charge in [-0.3, -0.25) is 0 Å². The summed E-state index contributed by atoms with van der Waals surface area (Å²) in [7, 11) is 0. The Morgan fingerprint density at radius 3 is 1.40 bits per heavy atom. The first kappa shape index (κ1) is 8.10. The van der Waals surface area contributed by atoms with Gasteiger partial charge in [-0.2, -0.15) is 0 Å². The number of hydrogen-bond acceptors (Lipinski definition) is 0. The molecule has 0 heteroatoms. The van der Waals surface area contributed by atoms with Crippen LogP contribution >= 0.6 is 0 Å². The van der Waals surface area contributed by atoms with Crippen LogP contribution in [0.5, 0.6) is 0 Å². The van der Waals surface area contributed by atoms with Crippen LogP contribution in [0.1, 0.15) is 47.0 Å². The molecule has 0 N–H and O–H groups in total. The second-order valence-electron chi connectivity index (χ2n) is 4.53. The maximum atomic E-state index is 2.38. The fourth-order valence-electron chi connectivity index (χ4n) is 3.17. The van der Waals surface area contributed by atoms with E-state index in [0.717, 1.165) is 17.3 Å². The summed E-state index contributed by atoms with van der Waals surface area (Å²) in [4.78, 5) is 0. The van der Waals surface area contributed by atoms with Crippen LogP contribution < -0.4 is 0 Å². The Hall–Kier alpha value is 0. The van der Waals surface area contributed by atoms with Crippen molar-refractivity contribution < 1.29 is 0 Å². The van der Waals surface area contributed by atoms with E-state index >= 15 is 0 Å². The third-order valence-corrected chi connectivity index (χ3v) is 3.13. The highest BCUT2D eigenvalue weighted by atomic mass is 14.5. The van der Waals surface area contributed by atoms with Gasteiger partial charge in [-0.25, -0.2) is 0 Å². The lowest BCUT2D eigenvalue weighted by atomic mass is 9.49. The van der Waals surface area contributed by atoms with Gasteiger partial charge in [-0.1, -0.05) is 21.3 Å². The van der Waals surface area contributed by atoms with E-state index in [2.05, 4.69) is 13.8 Å². The zero-order valence-electron chi connectivity index (χ0n) is 6.48. The highest BCUT2D eigenvalue weighted by Crippen LogP contribution is 2.60. The third-order valence-electron chi connectivity index (χ3n) is 3.13. The Labute approximate surface area is 65.0 Å². The van der Waals surface area contributed by atoms with E-state index in [1.807, 2.05) is 0 Å². The van der Waals surface area contributed by atoms with Gasteiger partial charge < -0.3 is 0 Å². The average molecular weight is 140 g/mol. The van der Waals surface area contributed by atoms with Crippen molar-refractivity contribution in [2.24, 2.45) is 17.3 Å². The Kier molecular flexibility index (Phi) is 1.82. The summed E-state index contributed by atoms with van der Waals surface area (Å²) in [6, 6.07) is 0. The molecule has 0 bridgehead atoms. The molecule has 2 aliphatic carbocycles. The Balaban J connectivity index is 0.000000500. The molecule has 0 unspecified atom stereocenters. The summed E-state index contributed by atoms with van der Waals surface area (Å²) in [5.74, 6) is 2.11. The largest absolute Gasteiger partial charge is 0.0776 e. The van der Waals surface area contributed by atoms with Crippen LogP contribution in [0, 0.1) is 17.3 Å². The first-order chi connectivity index (χ1) is 4.20. The lowest BCUT2D eigenvalue weighted by Crippen LogP contribution is -2.45. The van der Waals surface area contributed by atoms with Gasteiger partial charge in [0.05, 0.1) is 0 Å². The van der Waals surface area contributed by atoms with Gasteiger partial charge in [0.15, 0.2) is 0 Å². The molecule has 0 aromatic rings. The molecule has 2 aliphatic rings. The van der Waals surface area contributed by atoms with Crippen molar-refractivity contribution in [3.63, 3.8) is 0 Å². The second kappa shape index (κ2) is 2.25. The molecule has 0 amide bonds. The van der Waals surface area contributed by atoms with E-state index in [4.69, 9.17) is 0 Å². The highest BCUT2D eigenvalue weighted by Gasteiger charge is 2.49. The zero-order chi connectivity index (χ0) is 6.48. The maximum Gasteiger partial charge on any atom is -0.0287 e. The molecule has 0 heterocycles. The van der Waals surface area contributed by atoms with Crippen molar-refractivity contribution in [3.05, 3.63) is 0 Å². The lowest BCUT2D eigenvalue weighted by Gasteiger charge is -2.56. The first-order valence-electron chi connectivity index (χ1n) is 4.20. The van der Waals surface area contributed by atoms with Crippen molar-refractivity contribution in [1.29, 1.82) is 0 Å². The average Bonchev–Trinajstić information content (AvgIpc) is 1.58. The Morgan fingerprint density at radius 1 is 0.900 bits per heavy atom. The summed E-state index contributed by atoms with van der Waals surface area (Å²) in [5, 5.41) is 0. The van der Waals surface area contributed by atoms with Gasteiger partial charge in [-0.15, -0.1) is 0 Å². The van der Waals surface area contributed by atoms with Crippen molar-refractivity contribution in [2.45, 2.75) is 47.0 Å². The fraction of sp³-hybridized carbons (Fsp3) is 1.00. The molecule has 1 spiro atoms. The molecule has 0 radical (unpaired) electrons. The highest BCUT2D eigenvalue weighted by molar-refractivity contribution is 5.00. The second-order valence-corrected chi connectivity index (χ2v) is 4.53. The molecule has 0 aromatic heterocycles. The monoisotopic (exact) mass is 140 g/mol. The van der Waals surface area contributed by atoms with E-state index in [0.29, 0.717) is 0 Å². The number of hydrogen-bond donors (Lipinski definition) is 0. The fourth-order valence-corrected chi connectivity index (χ4v) is 3.17. The van der Waals surface area contributed by atoms with Crippen molar-refractivity contribution >= 4 is 0 Å². The smallest absolute Gasteiger partial charge is 0.0287 e. The summed E-state index contributed by atoms with van der Waals surface area (Å²) in [6.45, 7) is 4.77. The van der Waals surface area contributed by atoms with Crippen LogP contribution in [0.25, 0.3) is 0 Å². The van der Waals surface area contributed by atoms with Gasteiger partial charge in [0, 0.05) is 0 Å². The minimum atomic E-state index is 0. The van der Waals surface area contributed by atoms with Crippen LogP contribution in [0.2, 0.25) is 0 Å². The van der Waals surface area contributed by atoms with E-state index in [1.165, 1.54) is 25.7 Å². The molecular formula is C10H20. The molecule has 2 saturated carbocycles. The summed E-state index contributed by atoms with van der Waals surface area (Å²) in [5.41, 5.74) is 0.888. The van der Waals surface area contributed by atoms with Crippen LogP contribution in [0.4, 0.5) is 0 Å². The Morgan fingerprint density at radius 2 is 1.20 bits per heavy atom. The normalized spacial score (nSPS) is 51.0. The van der Waals surface area contributed by atoms with Gasteiger partial charge in [-0.05, 0) is 42.9 Å². The van der Waals surface area contributed by atoms with Crippen molar-refractivity contribution in [1.82, 2.24) is 0 Å². The molecular weight excluding hydrogens is 120 g/mol. The number of rotatable bonds is 0. The maximum absolute atomic E-state index is 2.38. The SMILES string of the molecule is C.CC1CC2(C1)CC(C)C2. The predicted octanol–water partition coefficient (Wildman–Crippen LogP) is 3.47. The molecule has 0 nitrogen and oxygen atoms in total. The summed E-state index contributed by atoms with van der Waals surface area (Å²) < 4.78 is 0. The topological polar surface area (TPSA) is 0 Å². The minimum absolute atomic E-state index is 0. The van der Waals surface area contributed by atoms with Gasteiger partial charge in [0.2, 0.25) is 0 Å². The van der Waals surface area contributed by atoms with E-state index in [1.54, 1.807) is 0 Å². The van der Waals surface area contributed by atoms with E-state index < -0.39 is 0 Å². The van der Waals surface area contributed by atoms with Crippen molar-refractivity contribution in [2.75, 3.05) is 0 Å². The standard InChI is InChI=1S/C9H16.CH4/c1-7-3-9(4-7)5-8(2)6-9;/h7-8H,3-6H2,1-2H3;1H4. The third kappa shape index (κ3) is 0.980. The molecule has 10 heavy (non-hydrogen) atoms. The quantitative estimate of drug-likeness (QED) is 0.483. The summed E-state index contributed by atoms with van der Waals surface area (Å²) in [6.07, 6.45) is 6.16. The first-order valence-corrected chi connectivity index (χ1v) is 4.20. The van der Waals surface area contributed by atoms with Gasteiger partial charge in [0.1, 0.15) is 0 Å². The van der Waals surface area contributed by atoms with Gasteiger partial charge in [0.25, 0.3) is 0 Å². The lowest BCUT2D eigenvalue weighted by molar-refractivity contribution is -0.0549. The van der Waals surface area contributed by atoms with Crippen LogP contribution in [-0.4, -0.2) is 0 Å². The molecule has 0 aromatic carbocycles.